The summed E-state index contributed by atoms with van der Waals surface area (Å²) >= 11 is 1.20. The van der Waals surface area contributed by atoms with E-state index < -0.39 is 15.1 Å². The number of nitrogens with zero attached hydrogens (tertiary/aromatic N) is 2. The molecule has 1 heterocycles. The quantitative estimate of drug-likeness (QED) is 0.875. The van der Waals surface area contributed by atoms with Crippen molar-refractivity contribution in [2.45, 2.75) is 26.0 Å². The zero-order chi connectivity index (χ0) is 12.3. The molecule has 1 unspecified atom stereocenters. The van der Waals surface area contributed by atoms with Gasteiger partial charge < -0.3 is 5.32 Å². The van der Waals surface area contributed by atoms with Crippen LogP contribution < -0.4 is 5.32 Å². The van der Waals surface area contributed by atoms with Crippen molar-refractivity contribution in [3.8, 4) is 0 Å². The summed E-state index contributed by atoms with van der Waals surface area (Å²) in [6, 6.07) is 0. The molecule has 0 aliphatic carbocycles. The Morgan fingerprint density at radius 2 is 2.00 bits per heavy atom. The second kappa shape index (κ2) is 5.09. The molecule has 1 aromatic heterocycles. The maximum absolute atomic E-state index is 11.3. The molecular weight excluding hydrogens is 246 g/mol. The van der Waals surface area contributed by atoms with E-state index in [1.807, 2.05) is 0 Å². The second-order valence-corrected chi connectivity index (χ2v) is 7.32. The summed E-state index contributed by atoms with van der Waals surface area (Å²) in [6.45, 7) is 6.59. The molecule has 0 bridgehead atoms. The maximum Gasteiger partial charge on any atom is 0.202 e. The van der Waals surface area contributed by atoms with E-state index in [9.17, 15) is 8.42 Å². The highest BCUT2D eigenvalue weighted by molar-refractivity contribution is 7.90. The van der Waals surface area contributed by atoms with Gasteiger partial charge in [-0.05, 0) is 12.8 Å². The summed E-state index contributed by atoms with van der Waals surface area (Å²) in [6.07, 6.45) is 1.19. The van der Waals surface area contributed by atoms with Crippen LogP contribution in [-0.2, 0) is 9.84 Å². The number of sulfone groups is 1. The summed E-state index contributed by atoms with van der Waals surface area (Å²) in [7, 11) is -3.12. The van der Waals surface area contributed by atoms with Crippen LogP contribution in [0.3, 0.4) is 0 Å². The number of nitrogens with one attached hydrogen (secondary N) is 1. The Balaban J connectivity index is 2.72. The third-order valence-electron chi connectivity index (χ3n) is 2.11. The highest BCUT2D eigenvalue weighted by atomic mass is 32.2. The number of anilines is 1. The van der Waals surface area contributed by atoms with Crippen LogP contribution in [0.5, 0.6) is 0 Å². The van der Waals surface area contributed by atoms with Gasteiger partial charge in [0.2, 0.25) is 5.13 Å². The minimum absolute atomic E-state index is 0.374. The molecule has 0 radical (unpaired) electrons. The van der Waals surface area contributed by atoms with E-state index in [0.717, 1.165) is 6.54 Å². The lowest BCUT2D eigenvalue weighted by Crippen LogP contribution is -2.10. The summed E-state index contributed by atoms with van der Waals surface area (Å²) < 4.78 is 26.7. The van der Waals surface area contributed by atoms with Crippen LogP contribution in [0.25, 0.3) is 0 Å². The van der Waals surface area contributed by atoms with Gasteiger partial charge in [0.25, 0.3) is 0 Å². The Kier molecular flexibility index (Phi) is 4.26. The predicted molar refractivity (Wildman–Crippen MR) is 66.5 cm³/mol. The Morgan fingerprint density at radius 3 is 2.50 bits per heavy atom. The van der Waals surface area contributed by atoms with Crippen molar-refractivity contribution in [2.24, 2.45) is 5.92 Å². The van der Waals surface area contributed by atoms with Gasteiger partial charge in [-0.15, -0.1) is 0 Å². The average Bonchev–Trinajstić information content (AvgIpc) is 2.60. The van der Waals surface area contributed by atoms with Gasteiger partial charge in [-0.25, -0.2) is 13.4 Å². The molecule has 0 aliphatic heterocycles. The molecule has 0 saturated heterocycles. The molecule has 0 aromatic carbocycles. The van der Waals surface area contributed by atoms with Crippen molar-refractivity contribution in [1.29, 1.82) is 0 Å². The number of aromatic nitrogens is 2. The normalized spacial score (nSPS) is 14.1. The van der Waals surface area contributed by atoms with E-state index in [4.69, 9.17) is 0 Å². The van der Waals surface area contributed by atoms with E-state index in [2.05, 4.69) is 28.5 Å². The Morgan fingerprint density at radius 1 is 1.38 bits per heavy atom. The Labute approximate surface area is 100 Å². The molecular formula is C9H17N3O2S2. The third-order valence-corrected chi connectivity index (χ3v) is 4.29. The fourth-order valence-corrected chi connectivity index (χ4v) is 2.17. The lowest BCUT2D eigenvalue weighted by molar-refractivity contribution is 0.590. The van der Waals surface area contributed by atoms with Crippen molar-refractivity contribution >= 4 is 26.5 Å². The average molecular weight is 263 g/mol. The summed E-state index contributed by atoms with van der Waals surface area (Å²) in [5.74, 6) is 0.887. The largest absolute Gasteiger partial charge is 0.360 e. The first-order chi connectivity index (χ1) is 7.30. The molecule has 0 saturated carbocycles. The maximum atomic E-state index is 11.3. The Bertz CT molecular complexity index is 439. The van der Waals surface area contributed by atoms with Gasteiger partial charge in [-0.3, -0.25) is 0 Å². The number of hydrogen-bond donors (Lipinski definition) is 1. The molecule has 92 valence electrons. The first-order valence-corrected chi connectivity index (χ1v) is 7.80. The lowest BCUT2D eigenvalue weighted by atomic mass is 10.2. The summed E-state index contributed by atoms with van der Waals surface area (Å²) in [5.41, 5.74) is 0. The molecule has 0 spiro atoms. The number of rotatable bonds is 5. The van der Waals surface area contributed by atoms with Crippen molar-refractivity contribution in [2.75, 3.05) is 18.1 Å². The second-order valence-electron chi connectivity index (χ2n) is 4.20. The van der Waals surface area contributed by atoms with Gasteiger partial charge in [0, 0.05) is 24.3 Å². The van der Waals surface area contributed by atoms with Crippen molar-refractivity contribution in [3.05, 3.63) is 5.82 Å². The van der Waals surface area contributed by atoms with E-state index in [-0.39, 0.29) is 0 Å². The van der Waals surface area contributed by atoms with Gasteiger partial charge in [0.15, 0.2) is 15.7 Å². The standard InChI is InChI=1S/C9H17N3O2S2/c1-6(2)5-10-9-11-8(12-15-9)7(3)16(4,13)14/h6-7H,5H2,1-4H3,(H,10,11,12). The third kappa shape index (κ3) is 3.71. The molecule has 7 heteroatoms. The van der Waals surface area contributed by atoms with Crippen LogP contribution in [-0.4, -0.2) is 30.6 Å². The SMILES string of the molecule is CC(C)CNc1nc(C(C)S(C)(=O)=O)ns1. The minimum Gasteiger partial charge on any atom is -0.360 e. The Hall–Kier alpha value is -0.690. The van der Waals surface area contributed by atoms with Crippen LogP contribution in [0.4, 0.5) is 5.13 Å². The smallest absolute Gasteiger partial charge is 0.202 e. The molecule has 1 aromatic rings. The molecule has 0 amide bonds. The van der Waals surface area contributed by atoms with Gasteiger partial charge in [-0.2, -0.15) is 4.37 Å². The fourth-order valence-electron chi connectivity index (χ4n) is 0.955. The molecule has 1 N–H and O–H groups in total. The molecule has 0 aliphatic rings. The number of hydrogen-bond acceptors (Lipinski definition) is 6. The van der Waals surface area contributed by atoms with Crippen LogP contribution in [0.15, 0.2) is 0 Å². The molecule has 1 atom stereocenters. The lowest BCUT2D eigenvalue weighted by Gasteiger charge is -2.05. The van der Waals surface area contributed by atoms with Gasteiger partial charge in [-0.1, -0.05) is 13.8 Å². The van der Waals surface area contributed by atoms with Crippen LogP contribution >= 0.6 is 11.5 Å². The zero-order valence-electron chi connectivity index (χ0n) is 9.89. The van der Waals surface area contributed by atoms with E-state index in [1.54, 1.807) is 6.92 Å². The van der Waals surface area contributed by atoms with Crippen LogP contribution in [0.1, 0.15) is 31.8 Å². The highest BCUT2D eigenvalue weighted by Crippen LogP contribution is 2.21. The molecule has 1 rings (SSSR count). The van der Waals surface area contributed by atoms with Crippen molar-refractivity contribution in [1.82, 2.24) is 9.36 Å². The van der Waals surface area contributed by atoms with Crippen LogP contribution in [0, 0.1) is 5.92 Å². The van der Waals surface area contributed by atoms with Gasteiger partial charge >= 0.3 is 0 Å². The van der Waals surface area contributed by atoms with Crippen molar-refractivity contribution in [3.63, 3.8) is 0 Å². The van der Waals surface area contributed by atoms with E-state index >= 15 is 0 Å². The van der Waals surface area contributed by atoms with Gasteiger partial charge in [0.1, 0.15) is 5.25 Å². The molecule has 0 fully saturated rings. The monoisotopic (exact) mass is 263 g/mol. The van der Waals surface area contributed by atoms with E-state index in [0.29, 0.717) is 16.9 Å². The fraction of sp³-hybridized carbons (Fsp3) is 0.778. The van der Waals surface area contributed by atoms with Crippen LogP contribution in [0.2, 0.25) is 0 Å². The molecule has 16 heavy (non-hydrogen) atoms. The molecule has 5 nitrogen and oxygen atoms in total. The zero-order valence-corrected chi connectivity index (χ0v) is 11.5. The predicted octanol–water partition coefficient (Wildman–Crippen LogP) is 1.71. The summed E-state index contributed by atoms with van der Waals surface area (Å²) in [5, 5.41) is 3.16. The topological polar surface area (TPSA) is 72.0 Å². The highest BCUT2D eigenvalue weighted by Gasteiger charge is 2.21. The first kappa shape index (κ1) is 13.4. The first-order valence-electron chi connectivity index (χ1n) is 5.07. The minimum atomic E-state index is -3.12. The van der Waals surface area contributed by atoms with Crippen molar-refractivity contribution < 1.29 is 8.42 Å². The van der Waals surface area contributed by atoms with Gasteiger partial charge in [0.05, 0.1) is 0 Å². The summed E-state index contributed by atoms with van der Waals surface area (Å²) in [4.78, 5) is 4.17. The van der Waals surface area contributed by atoms with E-state index in [1.165, 1.54) is 17.8 Å².